The number of cyclic esters (lactones) is 2. The molecule has 5 heteroatoms. The van der Waals surface area contributed by atoms with Gasteiger partial charge in [-0.25, -0.2) is 9.59 Å². The summed E-state index contributed by atoms with van der Waals surface area (Å²) in [4.78, 5) is 19.8. The summed E-state index contributed by atoms with van der Waals surface area (Å²) in [5, 5.41) is 9.25. The van der Waals surface area contributed by atoms with Gasteiger partial charge >= 0.3 is 11.9 Å². The molecule has 0 saturated heterocycles. The van der Waals surface area contributed by atoms with Gasteiger partial charge in [-0.05, 0) is 24.6 Å². The molecule has 1 aromatic rings. The highest BCUT2D eigenvalue weighted by molar-refractivity contribution is 6.04. The fourth-order valence-electron chi connectivity index (χ4n) is 1.29. The van der Waals surface area contributed by atoms with Crippen LogP contribution in [0.5, 0.6) is 11.5 Å². The number of carbonyl (C=O) groups is 2. The number of aromatic hydroxyl groups is 1. The molecule has 1 aliphatic rings. The molecule has 0 atom stereocenters. The molecule has 1 aromatic carbocycles. The molecule has 0 fully saturated rings. The molecule has 0 aromatic heterocycles. The number of esters is 2. The van der Waals surface area contributed by atoms with E-state index < -0.39 is 11.9 Å². The Labute approximate surface area is 110 Å². The maximum absolute atomic E-state index is 9.92. The van der Waals surface area contributed by atoms with Crippen LogP contribution in [0, 0.1) is 0 Å². The summed E-state index contributed by atoms with van der Waals surface area (Å²) in [6, 6.07) is 5.24. The lowest BCUT2D eigenvalue weighted by molar-refractivity contribution is -0.150. The van der Waals surface area contributed by atoms with Crippen molar-refractivity contribution in [2.45, 2.75) is 6.92 Å². The zero-order valence-electron chi connectivity index (χ0n) is 10.6. The highest BCUT2D eigenvalue weighted by Crippen LogP contribution is 2.26. The van der Waals surface area contributed by atoms with E-state index in [1.165, 1.54) is 7.11 Å². The molecule has 0 radical (unpaired) electrons. The molecule has 5 nitrogen and oxygen atoms in total. The zero-order valence-corrected chi connectivity index (χ0v) is 10.6. The standard InChI is InChI=1S/C10H12O2.C4H2O3/c1-3-4-8-5-6-9(11)10(7-8)12-2;5-3-1-2-4(6)7-3/h3-7,11H,1-2H3;1-2H. The molecule has 0 amide bonds. The van der Waals surface area contributed by atoms with Crippen LogP contribution in [0.2, 0.25) is 0 Å². The molecule has 1 aliphatic heterocycles. The van der Waals surface area contributed by atoms with E-state index in [1.807, 2.05) is 25.1 Å². The van der Waals surface area contributed by atoms with E-state index in [2.05, 4.69) is 4.74 Å². The number of methoxy groups -OCH3 is 1. The summed E-state index contributed by atoms with van der Waals surface area (Å²) in [5.74, 6) is -0.480. The third kappa shape index (κ3) is 4.67. The van der Waals surface area contributed by atoms with Crippen molar-refractivity contribution in [2.24, 2.45) is 0 Å². The van der Waals surface area contributed by atoms with Crippen LogP contribution in [0.3, 0.4) is 0 Å². The second kappa shape index (κ2) is 7.00. The fraction of sp³-hybridized carbons (Fsp3) is 0.143. The first kappa shape index (κ1) is 14.5. The summed E-state index contributed by atoms with van der Waals surface area (Å²) in [5.41, 5.74) is 1.02. The van der Waals surface area contributed by atoms with Crippen LogP contribution in [0.25, 0.3) is 6.08 Å². The minimum absolute atomic E-state index is 0.172. The Morgan fingerprint density at radius 2 is 1.84 bits per heavy atom. The van der Waals surface area contributed by atoms with Crippen LogP contribution < -0.4 is 4.74 Å². The van der Waals surface area contributed by atoms with Crippen molar-refractivity contribution < 1.29 is 24.2 Å². The summed E-state index contributed by atoms with van der Waals surface area (Å²) >= 11 is 0. The first-order valence-electron chi connectivity index (χ1n) is 5.50. The number of rotatable bonds is 2. The van der Waals surface area contributed by atoms with E-state index in [9.17, 15) is 14.7 Å². The van der Waals surface area contributed by atoms with Crippen LogP contribution in [0.1, 0.15) is 12.5 Å². The maximum Gasteiger partial charge on any atom is 0.338 e. The van der Waals surface area contributed by atoms with Crippen LogP contribution in [-0.2, 0) is 14.3 Å². The van der Waals surface area contributed by atoms with Gasteiger partial charge in [0.1, 0.15) is 0 Å². The second-order valence-corrected chi connectivity index (χ2v) is 3.50. The molecule has 1 N–H and O–H groups in total. The highest BCUT2D eigenvalue weighted by atomic mass is 16.6. The highest BCUT2D eigenvalue weighted by Gasteiger charge is 2.10. The number of phenolic OH excluding ortho intramolecular Hbond substituents is 1. The Morgan fingerprint density at radius 1 is 1.21 bits per heavy atom. The van der Waals surface area contributed by atoms with E-state index in [0.29, 0.717) is 5.75 Å². The van der Waals surface area contributed by atoms with Crippen LogP contribution in [0.15, 0.2) is 36.4 Å². The average Bonchev–Trinajstić information content (AvgIpc) is 2.76. The molecule has 0 unspecified atom stereocenters. The van der Waals surface area contributed by atoms with Gasteiger partial charge < -0.3 is 14.6 Å². The van der Waals surface area contributed by atoms with Gasteiger partial charge in [-0.3, -0.25) is 0 Å². The molecule has 2 rings (SSSR count). The number of allylic oxidation sites excluding steroid dienone is 1. The van der Waals surface area contributed by atoms with Crippen molar-refractivity contribution in [3.63, 3.8) is 0 Å². The number of carbonyl (C=O) groups excluding carboxylic acids is 2. The third-order valence-corrected chi connectivity index (χ3v) is 2.12. The number of phenols is 1. The lowest BCUT2D eigenvalue weighted by atomic mass is 10.2. The van der Waals surface area contributed by atoms with Crippen molar-refractivity contribution in [3.05, 3.63) is 42.0 Å². The van der Waals surface area contributed by atoms with Gasteiger partial charge in [0, 0.05) is 12.2 Å². The minimum Gasteiger partial charge on any atom is -0.504 e. The van der Waals surface area contributed by atoms with E-state index >= 15 is 0 Å². The monoisotopic (exact) mass is 262 g/mol. The lowest BCUT2D eigenvalue weighted by Crippen LogP contribution is -1.96. The average molecular weight is 262 g/mol. The van der Waals surface area contributed by atoms with Crippen molar-refractivity contribution in [2.75, 3.05) is 7.11 Å². The molecule has 100 valence electrons. The third-order valence-electron chi connectivity index (χ3n) is 2.12. The van der Waals surface area contributed by atoms with E-state index in [1.54, 1.807) is 12.1 Å². The molecule has 0 spiro atoms. The summed E-state index contributed by atoms with van der Waals surface area (Å²) in [6.07, 6.45) is 6.05. The van der Waals surface area contributed by atoms with Gasteiger partial charge in [-0.15, -0.1) is 0 Å². The van der Waals surface area contributed by atoms with Crippen LogP contribution in [0.4, 0.5) is 0 Å². The second-order valence-electron chi connectivity index (χ2n) is 3.50. The first-order valence-corrected chi connectivity index (χ1v) is 5.50. The van der Waals surface area contributed by atoms with Crippen LogP contribution >= 0.6 is 0 Å². The van der Waals surface area contributed by atoms with Crippen molar-refractivity contribution >= 4 is 18.0 Å². The predicted octanol–water partition coefficient (Wildman–Crippen LogP) is 2.06. The van der Waals surface area contributed by atoms with E-state index in [4.69, 9.17) is 4.74 Å². The normalized spacial score (nSPS) is 13.2. The quantitative estimate of drug-likeness (QED) is 0.652. The number of hydrogen-bond donors (Lipinski definition) is 1. The zero-order chi connectivity index (χ0) is 14.3. The first-order chi connectivity index (χ1) is 9.06. The molecular formula is C14H14O5. The van der Waals surface area contributed by atoms with Crippen molar-refractivity contribution in [1.29, 1.82) is 0 Å². The van der Waals surface area contributed by atoms with Gasteiger partial charge in [0.15, 0.2) is 11.5 Å². The maximum atomic E-state index is 9.92. The number of hydrogen-bond acceptors (Lipinski definition) is 5. The van der Waals surface area contributed by atoms with Gasteiger partial charge in [0.2, 0.25) is 0 Å². The predicted molar refractivity (Wildman–Crippen MR) is 69.6 cm³/mol. The van der Waals surface area contributed by atoms with E-state index in [0.717, 1.165) is 17.7 Å². The van der Waals surface area contributed by atoms with Crippen molar-refractivity contribution in [1.82, 2.24) is 0 Å². The SMILES string of the molecule is CC=Cc1ccc(O)c(OC)c1.O=C1C=CC(=O)O1. The van der Waals surface area contributed by atoms with Gasteiger partial charge in [0.25, 0.3) is 0 Å². The largest absolute Gasteiger partial charge is 0.504 e. The van der Waals surface area contributed by atoms with Gasteiger partial charge in [-0.2, -0.15) is 0 Å². The van der Waals surface area contributed by atoms with Crippen molar-refractivity contribution in [3.8, 4) is 11.5 Å². The summed E-state index contributed by atoms with van der Waals surface area (Å²) in [7, 11) is 1.54. The number of ether oxygens (including phenoxy) is 2. The minimum atomic E-state index is -0.579. The molecule has 1 heterocycles. The Morgan fingerprint density at radius 3 is 2.26 bits per heavy atom. The Balaban J connectivity index is 0.000000218. The fourth-order valence-corrected chi connectivity index (χ4v) is 1.29. The smallest absolute Gasteiger partial charge is 0.338 e. The molecule has 0 bridgehead atoms. The summed E-state index contributed by atoms with van der Waals surface area (Å²) < 4.78 is 8.92. The molecule has 19 heavy (non-hydrogen) atoms. The topological polar surface area (TPSA) is 72.8 Å². The van der Waals surface area contributed by atoms with Gasteiger partial charge in [0.05, 0.1) is 7.11 Å². The Hall–Kier alpha value is -2.56. The van der Waals surface area contributed by atoms with Crippen LogP contribution in [-0.4, -0.2) is 24.2 Å². The molecule has 0 aliphatic carbocycles. The Kier molecular flexibility index (Phi) is 5.35. The Bertz CT molecular complexity index is 513. The lowest BCUT2D eigenvalue weighted by Gasteiger charge is -2.03. The van der Waals surface area contributed by atoms with E-state index in [-0.39, 0.29) is 5.75 Å². The molecule has 0 saturated carbocycles. The van der Waals surface area contributed by atoms with Gasteiger partial charge in [-0.1, -0.05) is 18.2 Å². The summed E-state index contributed by atoms with van der Waals surface area (Å²) in [6.45, 7) is 1.94. The molecular weight excluding hydrogens is 248 g/mol. The number of benzene rings is 1.